The Balaban J connectivity index is 2.47. The van der Waals surface area contributed by atoms with Crippen LogP contribution in [0.15, 0.2) is 0 Å². The predicted octanol–water partition coefficient (Wildman–Crippen LogP) is 5.20. The van der Waals surface area contributed by atoms with Crippen LogP contribution in [0.4, 0.5) is 0 Å². The molecule has 1 nitrogen and oxygen atoms in total. The fourth-order valence-corrected chi connectivity index (χ4v) is 12.7. The van der Waals surface area contributed by atoms with Crippen LogP contribution in [0.2, 0.25) is 0 Å². The topological polar surface area (TPSA) is 3.24 Å². The Morgan fingerprint density at radius 2 is 1.60 bits per heavy atom. The third-order valence-corrected chi connectivity index (χ3v) is 14.5. The van der Waals surface area contributed by atoms with Gasteiger partial charge in [-0.1, -0.05) is 0 Å². The quantitative estimate of drug-likeness (QED) is 0.566. The molecule has 0 aromatic carbocycles. The van der Waals surface area contributed by atoms with Crippen molar-refractivity contribution < 1.29 is 0 Å². The van der Waals surface area contributed by atoms with Crippen LogP contribution in [0.5, 0.6) is 0 Å². The molecule has 1 aliphatic heterocycles. The van der Waals surface area contributed by atoms with E-state index in [1.54, 1.807) is 0 Å². The first-order valence-electron chi connectivity index (χ1n) is 8.71. The number of rotatable bonds is 8. The number of piperidine rings is 1. The summed E-state index contributed by atoms with van der Waals surface area (Å²) >= 11 is 2.38. The van der Waals surface area contributed by atoms with Gasteiger partial charge in [-0.25, -0.2) is 0 Å². The van der Waals surface area contributed by atoms with Crippen molar-refractivity contribution in [1.82, 2.24) is 4.90 Å². The van der Waals surface area contributed by atoms with Crippen molar-refractivity contribution in [3.05, 3.63) is 0 Å². The van der Waals surface area contributed by atoms with E-state index in [-0.39, 0.29) is 0 Å². The number of likely N-dealkylation sites (tertiary alicyclic amines) is 1. The van der Waals surface area contributed by atoms with Crippen LogP contribution in [0.25, 0.3) is 0 Å². The molecule has 1 fully saturated rings. The Morgan fingerprint density at radius 3 is 2.10 bits per heavy atom. The summed E-state index contributed by atoms with van der Waals surface area (Å²) in [5.74, 6) is 3.07. The molecule has 1 heterocycles. The molecule has 1 rings (SSSR count). The molecule has 0 saturated carbocycles. The van der Waals surface area contributed by atoms with Gasteiger partial charge in [-0.05, 0) is 0 Å². The molecule has 0 aliphatic carbocycles. The van der Waals surface area contributed by atoms with Gasteiger partial charge in [0.2, 0.25) is 0 Å². The molecule has 3 heteroatoms. The Hall–Kier alpha value is 0.740. The SMILES string of the molecule is CC(C)C[PH](C)(SCCN1CCCCC1)C(C)C(C)C. The third kappa shape index (κ3) is 6.24. The van der Waals surface area contributed by atoms with Gasteiger partial charge in [-0.3, -0.25) is 0 Å². The summed E-state index contributed by atoms with van der Waals surface area (Å²) in [5.41, 5.74) is 0.927. The van der Waals surface area contributed by atoms with E-state index < -0.39 is 6.46 Å². The molecule has 0 radical (unpaired) electrons. The molecular weight excluding hydrogens is 281 g/mol. The van der Waals surface area contributed by atoms with Crippen LogP contribution >= 0.6 is 17.8 Å². The average Bonchev–Trinajstić information content (AvgIpc) is 2.38. The van der Waals surface area contributed by atoms with E-state index in [2.05, 4.69) is 57.6 Å². The zero-order valence-corrected chi connectivity index (χ0v) is 16.6. The molecule has 20 heavy (non-hydrogen) atoms. The van der Waals surface area contributed by atoms with E-state index in [0.29, 0.717) is 0 Å². The molecule has 1 saturated heterocycles. The molecule has 0 N–H and O–H groups in total. The normalized spacial score (nSPS) is 20.6. The molecule has 0 amide bonds. The van der Waals surface area contributed by atoms with Gasteiger partial charge in [-0.15, -0.1) is 0 Å². The van der Waals surface area contributed by atoms with Crippen LogP contribution in [0.3, 0.4) is 0 Å². The van der Waals surface area contributed by atoms with Crippen LogP contribution < -0.4 is 0 Å². The summed E-state index contributed by atoms with van der Waals surface area (Å²) in [6.45, 7) is 17.7. The van der Waals surface area contributed by atoms with Crippen molar-refractivity contribution in [2.24, 2.45) is 11.8 Å². The van der Waals surface area contributed by atoms with Crippen LogP contribution in [-0.4, -0.2) is 48.8 Å². The summed E-state index contributed by atoms with van der Waals surface area (Å²) in [5, 5.41) is 0. The Morgan fingerprint density at radius 1 is 1.00 bits per heavy atom. The molecule has 1 atom stereocenters. The van der Waals surface area contributed by atoms with E-state index in [1.807, 2.05) is 0 Å². The second-order valence-corrected chi connectivity index (χ2v) is 16.0. The first-order valence-corrected chi connectivity index (χ1v) is 13.2. The summed E-state index contributed by atoms with van der Waals surface area (Å²) in [6, 6.07) is 0. The molecule has 1 unspecified atom stereocenters. The van der Waals surface area contributed by atoms with Gasteiger partial charge in [0.15, 0.2) is 0 Å². The Bertz CT molecular complexity index is 264. The zero-order chi connectivity index (χ0) is 15.2. The molecule has 0 aromatic heterocycles. The monoisotopic (exact) mass is 319 g/mol. The maximum absolute atomic E-state index is 2.70. The first kappa shape index (κ1) is 18.8. The average molecular weight is 320 g/mol. The van der Waals surface area contributed by atoms with E-state index in [0.717, 1.165) is 17.5 Å². The Labute approximate surface area is 132 Å². The fraction of sp³-hybridized carbons (Fsp3) is 1.00. The van der Waals surface area contributed by atoms with Gasteiger partial charge >= 0.3 is 132 Å². The van der Waals surface area contributed by atoms with E-state index in [4.69, 9.17) is 0 Å². The number of hydrogen-bond donors (Lipinski definition) is 0. The number of hydrogen-bond acceptors (Lipinski definition) is 2. The predicted molar refractivity (Wildman–Crippen MR) is 101 cm³/mol. The molecule has 122 valence electrons. The number of nitrogens with zero attached hydrogens (tertiary/aromatic N) is 1. The fourth-order valence-electron chi connectivity index (χ4n) is 3.48. The van der Waals surface area contributed by atoms with Crippen molar-refractivity contribution in [1.29, 1.82) is 0 Å². The minimum atomic E-state index is -1.17. The van der Waals surface area contributed by atoms with E-state index >= 15 is 0 Å². The summed E-state index contributed by atoms with van der Waals surface area (Å²) in [6.07, 6.45) is 5.78. The molecule has 0 spiro atoms. The zero-order valence-electron chi connectivity index (χ0n) is 14.7. The van der Waals surface area contributed by atoms with Crippen molar-refractivity contribution in [2.75, 3.05) is 38.2 Å². The van der Waals surface area contributed by atoms with E-state index in [1.165, 1.54) is 50.8 Å². The maximum atomic E-state index is 2.70. The van der Waals surface area contributed by atoms with Crippen molar-refractivity contribution in [3.8, 4) is 0 Å². The van der Waals surface area contributed by atoms with Gasteiger partial charge in [0.1, 0.15) is 0 Å². The van der Waals surface area contributed by atoms with Crippen LogP contribution in [0, 0.1) is 11.8 Å². The van der Waals surface area contributed by atoms with E-state index in [9.17, 15) is 0 Å². The van der Waals surface area contributed by atoms with Gasteiger partial charge in [0.05, 0.1) is 0 Å². The summed E-state index contributed by atoms with van der Waals surface area (Å²) in [7, 11) is 0. The van der Waals surface area contributed by atoms with Gasteiger partial charge < -0.3 is 0 Å². The molecule has 0 bridgehead atoms. The summed E-state index contributed by atoms with van der Waals surface area (Å²) in [4.78, 5) is 2.70. The second-order valence-electron chi connectivity index (χ2n) is 7.69. The van der Waals surface area contributed by atoms with Crippen LogP contribution in [-0.2, 0) is 0 Å². The van der Waals surface area contributed by atoms with Crippen molar-refractivity contribution in [3.63, 3.8) is 0 Å². The standard InChI is InChI=1S/C17H38NPS/c1-15(2)14-19(6,17(5)16(3)4)20-13-12-18-10-8-7-9-11-18/h15-17,19H,7-14H2,1-6H3. The Kier molecular flexibility index (Phi) is 8.46. The molecule has 1 aliphatic rings. The first-order chi connectivity index (χ1) is 9.35. The molecule has 0 aromatic rings. The van der Waals surface area contributed by atoms with Gasteiger partial charge in [-0.2, -0.15) is 0 Å². The van der Waals surface area contributed by atoms with Gasteiger partial charge in [0.25, 0.3) is 0 Å². The summed E-state index contributed by atoms with van der Waals surface area (Å²) < 4.78 is 0. The van der Waals surface area contributed by atoms with Crippen molar-refractivity contribution >= 4 is 17.8 Å². The third-order valence-electron chi connectivity index (χ3n) is 5.06. The minimum absolute atomic E-state index is 0.841. The van der Waals surface area contributed by atoms with Gasteiger partial charge in [0, 0.05) is 0 Å². The van der Waals surface area contributed by atoms with Crippen LogP contribution in [0.1, 0.15) is 53.9 Å². The van der Waals surface area contributed by atoms with Crippen molar-refractivity contribution in [2.45, 2.75) is 59.5 Å². The second kappa shape index (κ2) is 9.01. The molecular formula is C17H38NPS.